The minimum Gasteiger partial charge on any atom is -0.481 e. The van der Waals surface area contributed by atoms with Crippen LogP contribution in [0.15, 0.2) is 42.2 Å². The second-order valence-electron chi connectivity index (χ2n) is 11.2. The van der Waals surface area contributed by atoms with Crippen LogP contribution in [0, 0.1) is 11.3 Å². The van der Waals surface area contributed by atoms with Crippen LogP contribution in [0.25, 0.3) is 0 Å². The molecule has 2 N–H and O–H groups in total. The van der Waals surface area contributed by atoms with Crippen LogP contribution >= 0.6 is 11.6 Å². The van der Waals surface area contributed by atoms with Crippen molar-refractivity contribution in [1.29, 1.82) is 0 Å². The fourth-order valence-corrected chi connectivity index (χ4v) is 4.75. The maximum atomic E-state index is 13.2. The summed E-state index contributed by atoms with van der Waals surface area (Å²) in [5.41, 5.74) is 2.28. The number of carboxylic acids is 1. The molecule has 1 aromatic carbocycles. The van der Waals surface area contributed by atoms with Crippen molar-refractivity contribution < 1.29 is 19.4 Å². The Labute approximate surface area is 208 Å². The van der Waals surface area contributed by atoms with Gasteiger partial charge in [0.2, 0.25) is 0 Å². The van der Waals surface area contributed by atoms with Crippen molar-refractivity contribution in [2.24, 2.45) is 11.3 Å². The number of halogens is 1. The Morgan fingerprint density at radius 3 is 2.59 bits per heavy atom. The molecule has 186 valence electrons. The molecule has 0 bridgehead atoms. The van der Waals surface area contributed by atoms with Crippen LogP contribution in [0.4, 0.5) is 4.79 Å². The summed E-state index contributed by atoms with van der Waals surface area (Å²) in [5.74, 6) is -0.960. The van der Waals surface area contributed by atoms with E-state index in [1.165, 1.54) is 4.90 Å². The van der Waals surface area contributed by atoms with E-state index in [0.29, 0.717) is 10.7 Å². The number of urea groups is 1. The van der Waals surface area contributed by atoms with Crippen molar-refractivity contribution in [2.75, 3.05) is 6.61 Å². The smallest absolute Gasteiger partial charge is 0.326 e. The lowest BCUT2D eigenvalue weighted by Gasteiger charge is -2.53. The number of amides is 2. The summed E-state index contributed by atoms with van der Waals surface area (Å²) < 4.78 is 6.27. The van der Waals surface area contributed by atoms with Crippen molar-refractivity contribution in [3.63, 3.8) is 0 Å². The van der Waals surface area contributed by atoms with Crippen molar-refractivity contribution in [2.45, 2.75) is 78.4 Å². The van der Waals surface area contributed by atoms with E-state index in [2.05, 4.69) is 39.6 Å². The Hall–Kier alpha value is -2.31. The Balaban J connectivity index is 2.02. The Bertz CT molecular complexity index is 1020. The number of allylic oxidation sites excluding steroid dienone is 1. The van der Waals surface area contributed by atoms with Gasteiger partial charge in [-0.15, -0.1) is 0 Å². The molecule has 0 saturated carbocycles. The second-order valence-corrected chi connectivity index (χ2v) is 11.6. The van der Waals surface area contributed by atoms with Gasteiger partial charge in [-0.1, -0.05) is 58.0 Å². The highest BCUT2D eigenvalue weighted by molar-refractivity contribution is 6.31. The number of ether oxygens (including phenoxy) is 1. The zero-order valence-electron chi connectivity index (χ0n) is 21.1. The largest absolute Gasteiger partial charge is 0.481 e. The molecule has 0 spiro atoms. The van der Waals surface area contributed by atoms with Crippen LogP contribution in [0.2, 0.25) is 5.02 Å². The fourth-order valence-electron chi connectivity index (χ4n) is 4.47. The minimum absolute atomic E-state index is 0.0315. The molecule has 2 aliphatic rings. The zero-order chi connectivity index (χ0) is 25.5. The monoisotopic (exact) mass is 488 g/mol. The lowest BCUT2D eigenvalue weighted by Crippen LogP contribution is -2.63. The predicted octanol–water partition coefficient (Wildman–Crippen LogP) is 6.25. The van der Waals surface area contributed by atoms with E-state index in [4.69, 9.17) is 21.4 Å². The number of nitrogens with one attached hydrogen (secondary N) is 1. The summed E-state index contributed by atoms with van der Waals surface area (Å²) in [6.45, 7) is 17.0. The first-order valence-electron chi connectivity index (χ1n) is 11.8. The number of nitrogens with zero attached hydrogens (tertiary/aromatic N) is 1. The van der Waals surface area contributed by atoms with Gasteiger partial charge in [0.25, 0.3) is 0 Å². The van der Waals surface area contributed by atoms with Gasteiger partial charge in [0.15, 0.2) is 0 Å². The number of hydrogen-bond acceptors (Lipinski definition) is 3. The predicted molar refractivity (Wildman–Crippen MR) is 135 cm³/mol. The van der Waals surface area contributed by atoms with E-state index in [-0.39, 0.29) is 36.8 Å². The lowest BCUT2D eigenvalue weighted by molar-refractivity contribution is -0.137. The number of fused-ring (bicyclic) bond motifs is 1. The molecule has 1 aromatic rings. The number of aliphatic carboxylic acids is 1. The SMILES string of the molecule is C=C(CCC(=O)O)N1C=C2C(C)C(C)(C)OC[C@]2(c2ccc(CCC(C)(C)C)c(Cl)c2)NC1=O. The molecule has 2 atom stereocenters. The summed E-state index contributed by atoms with van der Waals surface area (Å²) in [4.78, 5) is 25.7. The lowest BCUT2D eigenvalue weighted by atomic mass is 9.69. The van der Waals surface area contributed by atoms with Crippen LogP contribution in [-0.2, 0) is 21.5 Å². The van der Waals surface area contributed by atoms with Crippen molar-refractivity contribution in [1.82, 2.24) is 10.2 Å². The van der Waals surface area contributed by atoms with Gasteiger partial charge in [-0.05, 0) is 61.3 Å². The van der Waals surface area contributed by atoms with Gasteiger partial charge >= 0.3 is 12.0 Å². The van der Waals surface area contributed by atoms with E-state index in [1.54, 1.807) is 0 Å². The maximum absolute atomic E-state index is 13.2. The number of rotatable bonds is 7. The van der Waals surface area contributed by atoms with E-state index in [1.807, 2.05) is 38.2 Å². The van der Waals surface area contributed by atoms with Crippen molar-refractivity contribution in [3.05, 3.63) is 58.4 Å². The standard InChI is InChI=1S/C27H37ClN2O4/c1-17(8-11-23(31)32)30-15-21-18(2)26(6,7)34-16-27(21,29-24(30)33)20-10-9-19(22(28)14-20)12-13-25(3,4)5/h9-10,14-15,18H,1,8,11-13,16H2,2-7H3,(H,29,33)(H,31,32)/t18?,27-/m1/s1. The Morgan fingerprint density at radius 2 is 2.00 bits per heavy atom. The molecule has 7 heteroatoms. The highest BCUT2D eigenvalue weighted by atomic mass is 35.5. The molecule has 0 aliphatic carbocycles. The molecule has 0 radical (unpaired) electrons. The van der Waals surface area contributed by atoms with Gasteiger partial charge in [-0.25, -0.2) is 4.79 Å². The molecule has 0 aromatic heterocycles. The van der Waals surface area contributed by atoms with Crippen LogP contribution in [-0.4, -0.2) is 34.2 Å². The van der Waals surface area contributed by atoms with Crippen LogP contribution < -0.4 is 5.32 Å². The molecule has 2 aliphatic heterocycles. The summed E-state index contributed by atoms with van der Waals surface area (Å²) in [6, 6.07) is 5.66. The van der Waals surface area contributed by atoms with Crippen LogP contribution in [0.5, 0.6) is 0 Å². The quantitative estimate of drug-likeness (QED) is 0.475. The molecular formula is C27H37ClN2O4. The summed E-state index contributed by atoms with van der Waals surface area (Å²) in [5, 5.41) is 12.9. The number of hydrogen-bond donors (Lipinski definition) is 2. The Morgan fingerprint density at radius 1 is 1.32 bits per heavy atom. The fraction of sp³-hybridized carbons (Fsp3) is 0.556. The van der Waals surface area contributed by atoms with Crippen molar-refractivity contribution >= 4 is 23.6 Å². The summed E-state index contributed by atoms with van der Waals surface area (Å²) in [6.07, 6.45) is 3.80. The number of aryl methyl sites for hydroxylation is 1. The molecule has 34 heavy (non-hydrogen) atoms. The van der Waals surface area contributed by atoms with Gasteiger partial charge in [-0.3, -0.25) is 9.69 Å². The zero-order valence-corrected chi connectivity index (χ0v) is 21.9. The first-order chi connectivity index (χ1) is 15.7. The normalized spacial score (nSPS) is 24.2. The van der Waals surface area contributed by atoms with Crippen molar-refractivity contribution in [3.8, 4) is 0 Å². The average molecular weight is 489 g/mol. The third-order valence-corrected chi connectivity index (χ3v) is 7.48. The number of carbonyl (C=O) groups is 2. The highest BCUT2D eigenvalue weighted by Gasteiger charge is 2.52. The topological polar surface area (TPSA) is 78.9 Å². The molecule has 3 rings (SSSR count). The van der Waals surface area contributed by atoms with E-state index >= 15 is 0 Å². The van der Waals surface area contributed by atoms with E-state index < -0.39 is 17.1 Å². The van der Waals surface area contributed by atoms with Gasteiger partial charge in [0.05, 0.1) is 18.6 Å². The third kappa shape index (κ3) is 5.33. The van der Waals surface area contributed by atoms with Gasteiger partial charge in [0, 0.05) is 22.8 Å². The van der Waals surface area contributed by atoms with E-state index in [9.17, 15) is 9.59 Å². The summed E-state index contributed by atoms with van der Waals surface area (Å²) >= 11 is 6.73. The third-order valence-electron chi connectivity index (χ3n) is 7.13. The average Bonchev–Trinajstić information content (AvgIpc) is 2.73. The van der Waals surface area contributed by atoms with Crippen LogP contribution in [0.3, 0.4) is 0 Å². The highest BCUT2D eigenvalue weighted by Crippen LogP contribution is 2.48. The van der Waals surface area contributed by atoms with Gasteiger partial charge in [0.1, 0.15) is 5.54 Å². The first-order valence-corrected chi connectivity index (χ1v) is 12.2. The second kappa shape index (κ2) is 9.38. The van der Waals surface area contributed by atoms with Gasteiger partial charge < -0.3 is 15.2 Å². The molecule has 1 fully saturated rings. The first kappa shape index (κ1) is 26.3. The summed E-state index contributed by atoms with van der Waals surface area (Å²) in [7, 11) is 0. The van der Waals surface area contributed by atoms with Crippen LogP contribution in [0.1, 0.15) is 71.9 Å². The molecule has 1 saturated heterocycles. The Kier molecular flexibility index (Phi) is 7.26. The number of carboxylic acid groups (broad SMARTS) is 1. The maximum Gasteiger partial charge on any atom is 0.326 e. The molecule has 2 heterocycles. The number of carbonyl (C=O) groups excluding carboxylic acids is 1. The minimum atomic E-state index is -0.928. The molecule has 6 nitrogen and oxygen atoms in total. The number of benzene rings is 1. The van der Waals surface area contributed by atoms with E-state index in [0.717, 1.165) is 29.5 Å². The van der Waals surface area contributed by atoms with Gasteiger partial charge in [-0.2, -0.15) is 0 Å². The molecule has 2 amide bonds. The molecule has 1 unspecified atom stereocenters. The molecular weight excluding hydrogens is 452 g/mol.